The number of alkyl halides is 1. The quantitative estimate of drug-likeness (QED) is 0.713. The molecule has 1 heterocycles. The van der Waals surface area contributed by atoms with E-state index in [0.717, 1.165) is 25.1 Å². The van der Waals surface area contributed by atoms with Crippen LogP contribution < -0.4 is 4.90 Å². The normalized spacial score (nSPS) is 19.1. The van der Waals surface area contributed by atoms with Gasteiger partial charge in [-0.3, -0.25) is 0 Å². The van der Waals surface area contributed by atoms with Crippen molar-refractivity contribution in [2.24, 2.45) is 0 Å². The molecule has 0 amide bonds. The molecule has 0 N–H and O–H groups in total. The zero-order chi connectivity index (χ0) is 15.3. The topological polar surface area (TPSA) is 37.4 Å². The lowest BCUT2D eigenvalue weighted by Crippen LogP contribution is -2.29. The second-order valence-electron chi connectivity index (χ2n) is 5.63. The fourth-order valence-corrected chi connectivity index (χ4v) is 4.50. The number of sulfone groups is 1. The molecular formula is C16H24ClNO2S. The van der Waals surface area contributed by atoms with Crippen LogP contribution in [0.4, 0.5) is 5.69 Å². The van der Waals surface area contributed by atoms with E-state index < -0.39 is 9.84 Å². The predicted octanol–water partition coefficient (Wildman–Crippen LogP) is 3.86. The second kappa shape index (κ2) is 7.50. The van der Waals surface area contributed by atoms with Crippen LogP contribution in [0.5, 0.6) is 0 Å². The lowest BCUT2D eigenvalue weighted by atomic mass is 10.1. The Labute approximate surface area is 133 Å². The van der Waals surface area contributed by atoms with E-state index in [1.165, 1.54) is 12.8 Å². The number of nitrogens with zero attached hydrogens (tertiary/aromatic N) is 1. The zero-order valence-electron chi connectivity index (χ0n) is 12.6. The van der Waals surface area contributed by atoms with Crippen molar-refractivity contribution in [3.05, 3.63) is 24.3 Å². The van der Waals surface area contributed by atoms with Crippen molar-refractivity contribution in [2.75, 3.05) is 23.1 Å². The average Bonchev–Trinajstić information content (AvgIpc) is 2.93. The first-order valence-electron chi connectivity index (χ1n) is 7.74. The van der Waals surface area contributed by atoms with Gasteiger partial charge in [-0.25, -0.2) is 8.42 Å². The Morgan fingerprint density at radius 2 is 2.00 bits per heavy atom. The first-order valence-corrected chi connectivity index (χ1v) is 9.92. The highest BCUT2D eigenvalue weighted by atomic mass is 35.5. The van der Waals surface area contributed by atoms with Gasteiger partial charge in [-0.15, -0.1) is 11.6 Å². The van der Waals surface area contributed by atoms with Crippen molar-refractivity contribution in [1.82, 2.24) is 0 Å². The van der Waals surface area contributed by atoms with Gasteiger partial charge >= 0.3 is 0 Å². The molecule has 1 aromatic rings. The fraction of sp³-hybridized carbons (Fsp3) is 0.625. The third kappa shape index (κ3) is 4.13. The SMILES string of the molecule is CCCS(=O)(=O)c1ccc(N2CCCC2CCCCl)cc1. The van der Waals surface area contributed by atoms with Crippen LogP contribution in [0, 0.1) is 0 Å². The minimum atomic E-state index is -3.11. The van der Waals surface area contributed by atoms with Gasteiger partial charge < -0.3 is 4.90 Å². The van der Waals surface area contributed by atoms with Gasteiger partial charge in [0, 0.05) is 24.2 Å². The summed E-state index contributed by atoms with van der Waals surface area (Å²) in [6, 6.07) is 7.93. The molecule has 118 valence electrons. The summed E-state index contributed by atoms with van der Waals surface area (Å²) in [6.07, 6.45) is 5.19. The number of rotatable bonds is 7. The van der Waals surface area contributed by atoms with Gasteiger partial charge in [0.15, 0.2) is 9.84 Å². The van der Waals surface area contributed by atoms with Crippen LogP contribution in [0.25, 0.3) is 0 Å². The summed E-state index contributed by atoms with van der Waals surface area (Å²) in [5.74, 6) is 0.924. The fourth-order valence-electron chi connectivity index (χ4n) is 3.02. The van der Waals surface area contributed by atoms with Gasteiger partial charge in [0.05, 0.1) is 10.6 Å². The van der Waals surface area contributed by atoms with Crippen LogP contribution in [0.1, 0.15) is 39.0 Å². The van der Waals surface area contributed by atoms with Crippen molar-refractivity contribution in [3.8, 4) is 0 Å². The summed E-state index contributed by atoms with van der Waals surface area (Å²) in [5, 5.41) is 0. The Balaban J connectivity index is 2.11. The Morgan fingerprint density at radius 1 is 1.29 bits per heavy atom. The van der Waals surface area contributed by atoms with Crippen molar-refractivity contribution in [2.45, 2.75) is 50.0 Å². The molecule has 0 saturated carbocycles. The summed E-state index contributed by atoms with van der Waals surface area (Å²) in [5.41, 5.74) is 1.13. The largest absolute Gasteiger partial charge is 0.369 e. The first kappa shape index (κ1) is 16.6. The number of anilines is 1. The van der Waals surface area contributed by atoms with Crippen molar-refractivity contribution in [3.63, 3.8) is 0 Å². The van der Waals surface area contributed by atoms with Crippen LogP contribution >= 0.6 is 11.6 Å². The molecule has 1 aliphatic rings. The first-order chi connectivity index (χ1) is 10.1. The summed E-state index contributed by atoms with van der Waals surface area (Å²) in [4.78, 5) is 2.83. The minimum Gasteiger partial charge on any atom is -0.369 e. The van der Waals surface area contributed by atoms with E-state index >= 15 is 0 Å². The molecule has 21 heavy (non-hydrogen) atoms. The maximum Gasteiger partial charge on any atom is 0.178 e. The Kier molecular flexibility index (Phi) is 5.94. The molecule has 1 aromatic carbocycles. The van der Waals surface area contributed by atoms with E-state index in [2.05, 4.69) is 4.90 Å². The number of benzene rings is 1. The summed E-state index contributed by atoms with van der Waals surface area (Å²) >= 11 is 5.79. The van der Waals surface area contributed by atoms with Gasteiger partial charge in [-0.2, -0.15) is 0 Å². The highest BCUT2D eigenvalue weighted by molar-refractivity contribution is 7.91. The van der Waals surface area contributed by atoms with E-state index in [1.807, 2.05) is 19.1 Å². The van der Waals surface area contributed by atoms with Gasteiger partial charge in [0.1, 0.15) is 0 Å². The molecule has 0 radical (unpaired) electrons. The lowest BCUT2D eigenvalue weighted by Gasteiger charge is -2.27. The lowest BCUT2D eigenvalue weighted by molar-refractivity contribution is 0.594. The maximum atomic E-state index is 12.0. The third-order valence-corrected chi connectivity index (χ3v) is 6.25. The zero-order valence-corrected chi connectivity index (χ0v) is 14.2. The number of hydrogen-bond donors (Lipinski definition) is 0. The number of hydrogen-bond acceptors (Lipinski definition) is 3. The van der Waals surface area contributed by atoms with Gasteiger partial charge in [-0.1, -0.05) is 6.92 Å². The molecule has 1 aliphatic heterocycles. The van der Waals surface area contributed by atoms with E-state index in [1.54, 1.807) is 12.1 Å². The van der Waals surface area contributed by atoms with Crippen molar-refractivity contribution >= 4 is 27.1 Å². The molecule has 0 spiro atoms. The monoisotopic (exact) mass is 329 g/mol. The Hall–Kier alpha value is -0.740. The van der Waals surface area contributed by atoms with Crippen LogP contribution in [0.3, 0.4) is 0 Å². The summed E-state index contributed by atoms with van der Waals surface area (Å²) in [6.45, 7) is 2.94. The molecule has 0 aliphatic carbocycles. The van der Waals surface area contributed by atoms with E-state index in [0.29, 0.717) is 23.2 Å². The molecule has 1 saturated heterocycles. The van der Waals surface area contributed by atoms with Crippen LogP contribution in [0.2, 0.25) is 0 Å². The highest BCUT2D eigenvalue weighted by Gasteiger charge is 2.24. The molecule has 1 atom stereocenters. The molecule has 1 unspecified atom stereocenters. The molecule has 3 nitrogen and oxygen atoms in total. The molecule has 2 rings (SSSR count). The van der Waals surface area contributed by atoms with Crippen LogP contribution in [-0.4, -0.2) is 32.6 Å². The van der Waals surface area contributed by atoms with Gasteiger partial charge in [0.2, 0.25) is 0 Å². The highest BCUT2D eigenvalue weighted by Crippen LogP contribution is 2.29. The maximum absolute atomic E-state index is 12.0. The van der Waals surface area contributed by atoms with Crippen LogP contribution in [-0.2, 0) is 9.84 Å². The summed E-state index contributed by atoms with van der Waals surface area (Å²) in [7, 11) is -3.11. The molecular weight excluding hydrogens is 306 g/mol. The standard InChI is InChI=1S/C16H24ClNO2S/c1-2-13-21(19,20)16-9-7-15(8-10-16)18-12-4-6-14(18)5-3-11-17/h7-10,14H,2-6,11-13H2,1H3. The molecule has 5 heteroatoms. The molecule has 0 bridgehead atoms. The third-order valence-electron chi connectivity index (χ3n) is 4.05. The van der Waals surface area contributed by atoms with Gasteiger partial charge in [-0.05, 0) is 56.4 Å². The van der Waals surface area contributed by atoms with E-state index in [9.17, 15) is 8.42 Å². The smallest absolute Gasteiger partial charge is 0.178 e. The minimum absolute atomic E-state index is 0.217. The van der Waals surface area contributed by atoms with E-state index in [-0.39, 0.29) is 5.75 Å². The van der Waals surface area contributed by atoms with Crippen molar-refractivity contribution in [1.29, 1.82) is 0 Å². The summed E-state index contributed by atoms with van der Waals surface area (Å²) < 4.78 is 24.1. The molecule has 0 aromatic heterocycles. The van der Waals surface area contributed by atoms with Gasteiger partial charge in [0.25, 0.3) is 0 Å². The van der Waals surface area contributed by atoms with Crippen LogP contribution in [0.15, 0.2) is 29.2 Å². The number of halogens is 1. The average molecular weight is 330 g/mol. The van der Waals surface area contributed by atoms with Crippen molar-refractivity contribution < 1.29 is 8.42 Å². The Morgan fingerprint density at radius 3 is 2.62 bits per heavy atom. The predicted molar refractivity (Wildman–Crippen MR) is 89.1 cm³/mol. The molecule has 1 fully saturated rings. The second-order valence-corrected chi connectivity index (χ2v) is 8.12. The van der Waals surface area contributed by atoms with E-state index in [4.69, 9.17) is 11.6 Å². The Bertz CT molecular complexity index is 542.